The van der Waals surface area contributed by atoms with E-state index in [0.717, 1.165) is 10.4 Å². The Hall–Kier alpha value is -5.27. The molecule has 0 aromatic heterocycles. The average Bonchev–Trinajstić information content (AvgIpc) is 3.01. The van der Waals surface area contributed by atoms with Gasteiger partial charge < -0.3 is 10.1 Å². The van der Waals surface area contributed by atoms with Gasteiger partial charge >= 0.3 is 0 Å². The van der Waals surface area contributed by atoms with Crippen LogP contribution in [0.4, 0.5) is 17.1 Å². The molecule has 4 aromatic rings. The summed E-state index contributed by atoms with van der Waals surface area (Å²) in [4.78, 5) is 35.4. The largest absolute Gasteiger partial charge is 0.484 e. The van der Waals surface area contributed by atoms with Gasteiger partial charge in [0.25, 0.3) is 27.5 Å². The lowest BCUT2D eigenvalue weighted by Crippen LogP contribution is -2.39. The predicted octanol–water partition coefficient (Wildman–Crippen LogP) is 4.61. The first-order valence-corrected chi connectivity index (χ1v) is 14.4. The van der Waals surface area contributed by atoms with Crippen molar-refractivity contribution in [1.29, 1.82) is 0 Å². The van der Waals surface area contributed by atoms with Gasteiger partial charge in [0.15, 0.2) is 6.61 Å². The normalized spacial score (nSPS) is 11.1. The van der Waals surface area contributed by atoms with E-state index in [1.54, 1.807) is 54.6 Å². The van der Waals surface area contributed by atoms with Crippen molar-refractivity contribution in [1.82, 2.24) is 5.43 Å². The van der Waals surface area contributed by atoms with Gasteiger partial charge in [0, 0.05) is 12.1 Å². The van der Waals surface area contributed by atoms with Crippen molar-refractivity contribution in [3.8, 4) is 5.75 Å². The third kappa shape index (κ3) is 8.38. The number of benzene rings is 4. The molecule has 0 unspecified atom stereocenters. The Morgan fingerprint density at radius 2 is 1.63 bits per heavy atom. The summed E-state index contributed by atoms with van der Waals surface area (Å²) in [5.41, 5.74) is 2.91. The van der Waals surface area contributed by atoms with Gasteiger partial charge in [0.1, 0.15) is 12.3 Å². The second-order valence-electron chi connectivity index (χ2n) is 8.78. The topological polar surface area (TPSA) is 160 Å². The van der Waals surface area contributed by atoms with E-state index < -0.39 is 33.3 Å². The Morgan fingerprint density at radius 3 is 2.33 bits per heavy atom. The molecule has 0 atom stereocenters. The summed E-state index contributed by atoms with van der Waals surface area (Å²) in [6, 6.07) is 25.6. The molecule has 0 fully saturated rings. The van der Waals surface area contributed by atoms with Crippen LogP contribution in [-0.4, -0.2) is 44.5 Å². The van der Waals surface area contributed by atoms with E-state index in [1.165, 1.54) is 48.7 Å². The van der Waals surface area contributed by atoms with Crippen molar-refractivity contribution < 1.29 is 27.7 Å². The number of nitrogens with zero attached hydrogens (tertiary/aromatic N) is 3. The third-order valence-electron chi connectivity index (χ3n) is 5.75. The van der Waals surface area contributed by atoms with Crippen molar-refractivity contribution in [3.63, 3.8) is 0 Å². The molecule has 0 aliphatic carbocycles. The number of non-ortho nitro benzene ring substituents is 1. The van der Waals surface area contributed by atoms with Crippen LogP contribution in [0, 0.1) is 10.1 Å². The van der Waals surface area contributed by atoms with Crippen LogP contribution in [0.1, 0.15) is 5.56 Å². The van der Waals surface area contributed by atoms with Crippen LogP contribution in [0.2, 0.25) is 5.02 Å². The van der Waals surface area contributed by atoms with E-state index in [2.05, 4.69) is 15.8 Å². The molecule has 0 aliphatic heterocycles. The number of nitro groups is 1. The molecule has 0 spiro atoms. The number of sulfonamides is 1. The summed E-state index contributed by atoms with van der Waals surface area (Å²) >= 11 is 6.03. The molecule has 0 saturated heterocycles. The summed E-state index contributed by atoms with van der Waals surface area (Å²) in [5, 5.41) is 18.2. The van der Waals surface area contributed by atoms with Gasteiger partial charge in [-0.1, -0.05) is 48.0 Å². The molecule has 12 nitrogen and oxygen atoms in total. The number of carbonyl (C=O) groups excluding carboxylic acids is 2. The number of para-hydroxylation sites is 1. The van der Waals surface area contributed by atoms with Gasteiger partial charge in [-0.05, 0) is 60.2 Å². The maximum atomic E-state index is 13.4. The molecule has 14 heteroatoms. The molecule has 0 saturated carbocycles. The van der Waals surface area contributed by atoms with E-state index >= 15 is 0 Å². The van der Waals surface area contributed by atoms with Crippen LogP contribution >= 0.6 is 11.6 Å². The zero-order chi connectivity index (χ0) is 30.8. The van der Waals surface area contributed by atoms with Gasteiger partial charge in [-0.3, -0.25) is 24.0 Å². The van der Waals surface area contributed by atoms with Gasteiger partial charge in [0.2, 0.25) is 0 Å². The lowest BCUT2D eigenvalue weighted by molar-refractivity contribution is -0.384. The van der Waals surface area contributed by atoms with E-state index in [1.807, 2.05) is 0 Å². The first-order valence-electron chi connectivity index (χ1n) is 12.5. The van der Waals surface area contributed by atoms with Crippen molar-refractivity contribution >= 4 is 56.7 Å². The summed E-state index contributed by atoms with van der Waals surface area (Å²) < 4.78 is 33.0. The number of amides is 2. The summed E-state index contributed by atoms with van der Waals surface area (Å²) in [5.74, 6) is -0.768. The fraction of sp³-hybridized carbons (Fsp3) is 0.0690. The second-order valence-corrected chi connectivity index (χ2v) is 11.1. The Kier molecular flexibility index (Phi) is 10.0. The highest BCUT2D eigenvalue weighted by Gasteiger charge is 2.28. The smallest absolute Gasteiger partial charge is 0.271 e. The zero-order valence-electron chi connectivity index (χ0n) is 22.3. The number of anilines is 2. The molecular weight excluding hydrogens is 598 g/mol. The summed E-state index contributed by atoms with van der Waals surface area (Å²) in [6.45, 7) is -0.944. The molecule has 43 heavy (non-hydrogen) atoms. The molecular formula is C29H24ClN5O7S. The molecule has 4 aromatic carbocycles. The highest BCUT2D eigenvalue weighted by atomic mass is 35.5. The number of nitro benzene ring substituents is 1. The number of hydrogen-bond donors (Lipinski definition) is 2. The maximum absolute atomic E-state index is 13.4. The Balaban J connectivity index is 1.37. The SMILES string of the molecule is O=C(CN(c1cccc([N+](=O)[O-])c1)S(=O)(=O)c1ccccc1)N/N=C\c1ccc(OCC(=O)Nc2ccccc2Cl)cc1. The highest BCUT2D eigenvalue weighted by Crippen LogP contribution is 2.27. The number of rotatable bonds is 12. The van der Waals surface area contributed by atoms with Crippen molar-refractivity contribution in [2.45, 2.75) is 4.90 Å². The Morgan fingerprint density at radius 1 is 0.930 bits per heavy atom. The summed E-state index contributed by atoms with van der Waals surface area (Å²) in [6.07, 6.45) is 1.33. The molecule has 220 valence electrons. The number of halogens is 1. The van der Waals surface area contributed by atoms with Crippen molar-refractivity contribution in [2.24, 2.45) is 5.10 Å². The molecule has 0 radical (unpaired) electrons. The molecule has 2 amide bonds. The molecule has 0 bridgehead atoms. The van der Waals surface area contributed by atoms with E-state index in [9.17, 15) is 28.1 Å². The van der Waals surface area contributed by atoms with Crippen molar-refractivity contribution in [3.05, 3.63) is 124 Å². The van der Waals surface area contributed by atoms with Gasteiger partial charge in [-0.25, -0.2) is 13.8 Å². The number of nitrogens with one attached hydrogen (secondary N) is 2. The standard InChI is InChI=1S/C29H24ClN5O7S/c30-26-11-4-5-12-27(26)32-29(37)20-42-24-15-13-21(14-16-24)18-31-33-28(36)19-34(22-7-6-8-23(17-22)35(38)39)43(40,41)25-9-2-1-3-10-25/h1-18H,19-20H2,(H,32,37)(H,33,36)/b31-18-. The number of hydrazone groups is 1. The van der Waals surface area contributed by atoms with Crippen LogP contribution in [0.3, 0.4) is 0 Å². The Bertz CT molecular complexity index is 1750. The van der Waals surface area contributed by atoms with Crippen LogP contribution in [0.15, 0.2) is 113 Å². The van der Waals surface area contributed by atoms with E-state index in [0.29, 0.717) is 22.0 Å². The molecule has 2 N–H and O–H groups in total. The third-order valence-corrected chi connectivity index (χ3v) is 7.87. The first kappa shape index (κ1) is 30.7. The quantitative estimate of drug-likeness (QED) is 0.133. The van der Waals surface area contributed by atoms with Crippen LogP contribution in [-0.2, 0) is 19.6 Å². The number of ether oxygens (including phenoxy) is 1. The highest BCUT2D eigenvalue weighted by molar-refractivity contribution is 7.92. The average molecular weight is 622 g/mol. The van der Waals surface area contributed by atoms with E-state index in [-0.39, 0.29) is 22.9 Å². The fourth-order valence-electron chi connectivity index (χ4n) is 3.69. The molecule has 4 rings (SSSR count). The fourth-order valence-corrected chi connectivity index (χ4v) is 5.31. The van der Waals surface area contributed by atoms with Crippen LogP contribution in [0.25, 0.3) is 0 Å². The minimum absolute atomic E-state index is 0.0617. The maximum Gasteiger partial charge on any atom is 0.271 e. The minimum atomic E-state index is -4.26. The zero-order valence-corrected chi connectivity index (χ0v) is 23.9. The van der Waals surface area contributed by atoms with E-state index in [4.69, 9.17) is 16.3 Å². The number of hydrogen-bond acceptors (Lipinski definition) is 8. The van der Waals surface area contributed by atoms with Gasteiger partial charge in [-0.15, -0.1) is 0 Å². The van der Waals surface area contributed by atoms with Crippen molar-refractivity contribution in [2.75, 3.05) is 22.8 Å². The van der Waals surface area contributed by atoms with Gasteiger partial charge in [-0.2, -0.15) is 5.10 Å². The Labute approximate surface area is 251 Å². The van der Waals surface area contributed by atoms with Gasteiger partial charge in [0.05, 0.1) is 32.4 Å². The first-order chi connectivity index (χ1) is 20.6. The predicted molar refractivity (Wildman–Crippen MR) is 162 cm³/mol. The van der Waals surface area contributed by atoms with Crippen LogP contribution < -0.4 is 19.8 Å². The monoisotopic (exact) mass is 621 g/mol. The van der Waals surface area contributed by atoms with Crippen LogP contribution in [0.5, 0.6) is 5.75 Å². The lowest BCUT2D eigenvalue weighted by Gasteiger charge is -2.23. The molecule has 0 aliphatic rings. The lowest BCUT2D eigenvalue weighted by atomic mass is 10.2. The number of carbonyl (C=O) groups is 2. The molecule has 0 heterocycles. The second kappa shape index (κ2) is 14.1. The minimum Gasteiger partial charge on any atom is -0.484 e. The summed E-state index contributed by atoms with van der Waals surface area (Å²) in [7, 11) is -4.26.